The number of aromatic amines is 1. The van der Waals surface area contributed by atoms with E-state index in [1.807, 2.05) is 6.92 Å². The molecule has 1 N–H and O–H groups in total. The van der Waals surface area contributed by atoms with Crippen molar-refractivity contribution in [3.05, 3.63) is 39.3 Å². The van der Waals surface area contributed by atoms with E-state index in [0.717, 1.165) is 18.5 Å². The molecule has 1 heterocycles. The zero-order chi connectivity index (χ0) is 15.4. The largest absolute Gasteiger partial charge is 0.493 e. The molecule has 0 atom stereocenters. The van der Waals surface area contributed by atoms with Crippen molar-refractivity contribution in [1.29, 1.82) is 0 Å². The first-order chi connectivity index (χ1) is 10.1. The number of methoxy groups -OCH3 is 2. The fourth-order valence-electron chi connectivity index (χ4n) is 2.08. The van der Waals surface area contributed by atoms with Gasteiger partial charge in [0.2, 0.25) is 0 Å². The Labute approximate surface area is 127 Å². The average molecular weight is 309 g/mol. The van der Waals surface area contributed by atoms with Gasteiger partial charge in [-0.3, -0.25) is 4.79 Å². The van der Waals surface area contributed by atoms with E-state index in [0.29, 0.717) is 27.9 Å². The van der Waals surface area contributed by atoms with Gasteiger partial charge in [0.15, 0.2) is 11.5 Å². The van der Waals surface area contributed by atoms with Gasteiger partial charge >= 0.3 is 0 Å². The summed E-state index contributed by atoms with van der Waals surface area (Å²) in [6, 6.07) is 4.94. The molecule has 112 valence electrons. The lowest BCUT2D eigenvalue weighted by Gasteiger charge is -2.11. The number of ether oxygens (including phenoxy) is 2. The number of hydrogen-bond donors (Lipinski definition) is 1. The summed E-state index contributed by atoms with van der Waals surface area (Å²) in [5.74, 6) is 1.41. The lowest BCUT2D eigenvalue weighted by atomic mass is 10.1. The number of nitrogens with zero attached hydrogens (tertiary/aromatic N) is 1. The van der Waals surface area contributed by atoms with E-state index in [2.05, 4.69) is 9.97 Å². The van der Waals surface area contributed by atoms with Gasteiger partial charge < -0.3 is 14.5 Å². The van der Waals surface area contributed by atoms with Gasteiger partial charge in [-0.2, -0.15) is 0 Å². The quantitative estimate of drug-likeness (QED) is 0.922. The molecule has 0 saturated heterocycles. The SMILES string of the molecule is CCCc1cc(=O)[nH]c(-c2cc(Cl)c(OC)c(OC)c2)n1. The van der Waals surface area contributed by atoms with Crippen LogP contribution < -0.4 is 15.0 Å². The molecule has 0 aliphatic heterocycles. The first-order valence-corrected chi connectivity index (χ1v) is 6.99. The van der Waals surface area contributed by atoms with Crippen LogP contribution in [0.25, 0.3) is 11.4 Å². The van der Waals surface area contributed by atoms with Crippen molar-refractivity contribution in [2.24, 2.45) is 0 Å². The molecule has 1 aromatic heterocycles. The van der Waals surface area contributed by atoms with Crippen LogP contribution in [-0.4, -0.2) is 24.2 Å². The van der Waals surface area contributed by atoms with Crippen LogP contribution in [0.1, 0.15) is 19.0 Å². The molecule has 1 aromatic carbocycles. The molecule has 0 spiro atoms. The monoisotopic (exact) mass is 308 g/mol. The Morgan fingerprint density at radius 1 is 1.24 bits per heavy atom. The lowest BCUT2D eigenvalue weighted by molar-refractivity contribution is 0.355. The van der Waals surface area contributed by atoms with Gasteiger partial charge in [-0.25, -0.2) is 4.98 Å². The minimum Gasteiger partial charge on any atom is -0.493 e. The van der Waals surface area contributed by atoms with Crippen molar-refractivity contribution in [2.75, 3.05) is 14.2 Å². The van der Waals surface area contributed by atoms with Crippen LogP contribution in [0, 0.1) is 0 Å². The Kier molecular flexibility index (Phi) is 4.85. The van der Waals surface area contributed by atoms with Crippen LogP contribution in [0.3, 0.4) is 0 Å². The highest BCUT2D eigenvalue weighted by Gasteiger charge is 2.13. The van der Waals surface area contributed by atoms with E-state index in [4.69, 9.17) is 21.1 Å². The minimum atomic E-state index is -0.186. The number of H-pyrrole nitrogens is 1. The van der Waals surface area contributed by atoms with Gasteiger partial charge in [-0.05, 0) is 18.6 Å². The summed E-state index contributed by atoms with van der Waals surface area (Å²) in [7, 11) is 3.05. The van der Waals surface area contributed by atoms with E-state index >= 15 is 0 Å². The zero-order valence-electron chi connectivity index (χ0n) is 12.2. The normalized spacial score (nSPS) is 10.5. The van der Waals surface area contributed by atoms with Crippen LogP contribution in [-0.2, 0) is 6.42 Å². The molecule has 0 fully saturated rings. The van der Waals surface area contributed by atoms with E-state index in [1.54, 1.807) is 12.1 Å². The smallest absolute Gasteiger partial charge is 0.251 e. The van der Waals surface area contributed by atoms with Crippen molar-refractivity contribution in [3.8, 4) is 22.9 Å². The summed E-state index contributed by atoms with van der Waals surface area (Å²) in [6.07, 6.45) is 1.67. The van der Waals surface area contributed by atoms with Gasteiger partial charge in [-0.1, -0.05) is 24.9 Å². The Bertz CT molecular complexity index is 698. The van der Waals surface area contributed by atoms with E-state index < -0.39 is 0 Å². The Morgan fingerprint density at radius 3 is 2.62 bits per heavy atom. The van der Waals surface area contributed by atoms with Crippen molar-refractivity contribution in [2.45, 2.75) is 19.8 Å². The Hall–Kier alpha value is -2.01. The van der Waals surface area contributed by atoms with Gasteiger partial charge in [-0.15, -0.1) is 0 Å². The van der Waals surface area contributed by atoms with Crippen molar-refractivity contribution < 1.29 is 9.47 Å². The number of benzene rings is 1. The fraction of sp³-hybridized carbons (Fsp3) is 0.333. The highest BCUT2D eigenvalue weighted by Crippen LogP contribution is 2.38. The first kappa shape index (κ1) is 15.4. The number of hydrogen-bond acceptors (Lipinski definition) is 4. The maximum atomic E-state index is 11.7. The van der Waals surface area contributed by atoms with Crippen LogP contribution >= 0.6 is 11.6 Å². The summed E-state index contributed by atoms with van der Waals surface area (Å²) in [4.78, 5) is 18.9. The third-order valence-electron chi connectivity index (χ3n) is 3.01. The standard InChI is InChI=1S/C15H17ClN2O3/c1-4-5-10-8-13(19)18-15(17-10)9-6-11(16)14(21-3)12(7-9)20-2/h6-8H,4-5H2,1-3H3,(H,17,18,19). The van der Waals surface area contributed by atoms with Gasteiger partial charge in [0.25, 0.3) is 5.56 Å². The molecule has 0 aliphatic rings. The molecule has 2 aromatic rings. The molecule has 0 amide bonds. The maximum absolute atomic E-state index is 11.7. The molecule has 2 rings (SSSR count). The molecule has 6 heteroatoms. The summed E-state index contributed by atoms with van der Waals surface area (Å²) in [6.45, 7) is 2.04. The predicted octanol–water partition coefficient (Wildman–Crippen LogP) is 3.06. The third kappa shape index (κ3) is 3.36. The predicted molar refractivity (Wildman–Crippen MR) is 82.4 cm³/mol. The first-order valence-electron chi connectivity index (χ1n) is 6.61. The summed E-state index contributed by atoms with van der Waals surface area (Å²) in [5.41, 5.74) is 1.24. The topological polar surface area (TPSA) is 64.2 Å². The summed E-state index contributed by atoms with van der Waals surface area (Å²) < 4.78 is 10.5. The van der Waals surface area contributed by atoms with Crippen LogP contribution in [0.4, 0.5) is 0 Å². The fourth-order valence-corrected chi connectivity index (χ4v) is 2.37. The lowest BCUT2D eigenvalue weighted by Crippen LogP contribution is -2.10. The molecule has 0 radical (unpaired) electrons. The molecular formula is C15H17ClN2O3. The summed E-state index contributed by atoms with van der Waals surface area (Å²) in [5, 5.41) is 0.399. The van der Waals surface area contributed by atoms with Crippen LogP contribution in [0.2, 0.25) is 5.02 Å². The van der Waals surface area contributed by atoms with Gasteiger partial charge in [0.1, 0.15) is 5.82 Å². The summed E-state index contributed by atoms with van der Waals surface area (Å²) >= 11 is 6.18. The van der Waals surface area contributed by atoms with Gasteiger partial charge in [0.05, 0.1) is 19.2 Å². The zero-order valence-corrected chi connectivity index (χ0v) is 13.0. The van der Waals surface area contributed by atoms with Crippen LogP contribution in [0.5, 0.6) is 11.5 Å². The minimum absolute atomic E-state index is 0.186. The number of nitrogens with one attached hydrogen (secondary N) is 1. The van der Waals surface area contributed by atoms with Gasteiger partial charge in [0, 0.05) is 17.3 Å². The number of aromatic nitrogens is 2. The maximum Gasteiger partial charge on any atom is 0.251 e. The molecule has 5 nitrogen and oxygen atoms in total. The van der Waals surface area contributed by atoms with E-state index in [-0.39, 0.29) is 5.56 Å². The number of halogens is 1. The molecule has 0 bridgehead atoms. The molecule has 0 aliphatic carbocycles. The molecule has 0 saturated carbocycles. The number of aryl methyl sites for hydroxylation is 1. The molecular weight excluding hydrogens is 292 g/mol. The second-order valence-corrected chi connectivity index (χ2v) is 4.94. The van der Waals surface area contributed by atoms with Crippen molar-refractivity contribution in [1.82, 2.24) is 9.97 Å². The average Bonchev–Trinajstić information content (AvgIpc) is 2.46. The highest BCUT2D eigenvalue weighted by atomic mass is 35.5. The van der Waals surface area contributed by atoms with Crippen molar-refractivity contribution >= 4 is 11.6 Å². The third-order valence-corrected chi connectivity index (χ3v) is 3.29. The van der Waals surface area contributed by atoms with Crippen molar-refractivity contribution in [3.63, 3.8) is 0 Å². The van der Waals surface area contributed by atoms with E-state index in [1.165, 1.54) is 20.3 Å². The van der Waals surface area contributed by atoms with E-state index in [9.17, 15) is 4.79 Å². The van der Waals surface area contributed by atoms with Crippen LogP contribution in [0.15, 0.2) is 23.0 Å². The second-order valence-electron chi connectivity index (χ2n) is 4.53. The number of rotatable bonds is 5. The highest BCUT2D eigenvalue weighted by molar-refractivity contribution is 6.32. The Morgan fingerprint density at radius 2 is 2.00 bits per heavy atom. The second kappa shape index (κ2) is 6.63. The molecule has 21 heavy (non-hydrogen) atoms. The molecule has 0 unspecified atom stereocenters. The Balaban J connectivity index is 2.56.